The van der Waals surface area contributed by atoms with Gasteiger partial charge in [-0.3, -0.25) is 9.59 Å². The summed E-state index contributed by atoms with van der Waals surface area (Å²) in [5.41, 5.74) is 2.40. The number of carbonyl (C=O) groups is 2. The van der Waals surface area contributed by atoms with Gasteiger partial charge in [-0.2, -0.15) is 0 Å². The Morgan fingerprint density at radius 1 is 1.00 bits per heavy atom. The molecule has 25 heavy (non-hydrogen) atoms. The van der Waals surface area contributed by atoms with Crippen LogP contribution in [0.3, 0.4) is 0 Å². The number of nitrogens with one attached hydrogen (secondary N) is 2. The van der Waals surface area contributed by atoms with Crippen LogP contribution in [0.4, 0.5) is 5.69 Å². The van der Waals surface area contributed by atoms with E-state index < -0.39 is 6.10 Å². The molecule has 2 aromatic rings. The van der Waals surface area contributed by atoms with Crippen molar-refractivity contribution in [3.63, 3.8) is 0 Å². The van der Waals surface area contributed by atoms with Gasteiger partial charge in [-0.05, 0) is 62.2 Å². The third-order valence-electron chi connectivity index (χ3n) is 3.77. The highest BCUT2D eigenvalue weighted by atomic mass is 16.5. The van der Waals surface area contributed by atoms with Gasteiger partial charge in [-0.25, -0.2) is 0 Å². The van der Waals surface area contributed by atoms with E-state index in [2.05, 4.69) is 17.6 Å². The maximum atomic E-state index is 12.2. The van der Waals surface area contributed by atoms with Crippen molar-refractivity contribution in [3.8, 4) is 5.75 Å². The second-order valence-electron chi connectivity index (χ2n) is 5.68. The number of ether oxygens (including phenoxy) is 1. The van der Waals surface area contributed by atoms with Crippen LogP contribution >= 0.6 is 0 Å². The number of carbonyl (C=O) groups excluding carboxylic acids is 2. The lowest BCUT2D eigenvalue weighted by molar-refractivity contribution is -0.122. The Balaban J connectivity index is 1.92. The Morgan fingerprint density at radius 2 is 1.64 bits per heavy atom. The second-order valence-corrected chi connectivity index (χ2v) is 5.68. The van der Waals surface area contributed by atoms with Crippen molar-refractivity contribution in [2.45, 2.75) is 33.3 Å². The molecule has 0 heterocycles. The summed E-state index contributed by atoms with van der Waals surface area (Å²) in [7, 11) is 0. The van der Waals surface area contributed by atoms with Gasteiger partial charge in [0.1, 0.15) is 5.75 Å². The first-order valence-corrected chi connectivity index (χ1v) is 8.48. The Labute approximate surface area is 148 Å². The quantitative estimate of drug-likeness (QED) is 0.812. The fourth-order valence-corrected chi connectivity index (χ4v) is 2.27. The van der Waals surface area contributed by atoms with Crippen LogP contribution in [-0.2, 0) is 11.2 Å². The van der Waals surface area contributed by atoms with E-state index in [0.29, 0.717) is 23.5 Å². The van der Waals surface area contributed by atoms with Gasteiger partial charge < -0.3 is 15.4 Å². The van der Waals surface area contributed by atoms with Crippen molar-refractivity contribution in [1.82, 2.24) is 5.32 Å². The monoisotopic (exact) mass is 340 g/mol. The molecule has 1 atom stereocenters. The molecule has 2 rings (SSSR count). The Kier molecular flexibility index (Phi) is 6.57. The maximum Gasteiger partial charge on any atom is 0.265 e. The Bertz CT molecular complexity index is 709. The van der Waals surface area contributed by atoms with Gasteiger partial charge in [0.15, 0.2) is 6.10 Å². The number of hydrogen-bond donors (Lipinski definition) is 2. The van der Waals surface area contributed by atoms with Crippen molar-refractivity contribution in [1.29, 1.82) is 0 Å². The van der Waals surface area contributed by atoms with E-state index >= 15 is 0 Å². The molecule has 0 bridgehead atoms. The molecule has 0 fully saturated rings. The van der Waals surface area contributed by atoms with Crippen molar-refractivity contribution in [2.24, 2.45) is 0 Å². The van der Waals surface area contributed by atoms with E-state index in [1.165, 1.54) is 5.56 Å². The molecule has 132 valence electrons. The number of benzene rings is 2. The van der Waals surface area contributed by atoms with Crippen LogP contribution in [0.15, 0.2) is 48.5 Å². The van der Waals surface area contributed by atoms with Crippen molar-refractivity contribution in [3.05, 3.63) is 59.7 Å². The lowest BCUT2D eigenvalue weighted by Crippen LogP contribution is -2.30. The van der Waals surface area contributed by atoms with Gasteiger partial charge in [-0.15, -0.1) is 0 Å². The SMILES string of the molecule is CCNC(=O)c1ccc(NC(=O)C(C)Oc2ccc(CC)cc2)cc1. The predicted molar refractivity (Wildman–Crippen MR) is 99.0 cm³/mol. The van der Waals surface area contributed by atoms with Gasteiger partial charge in [0.2, 0.25) is 0 Å². The van der Waals surface area contributed by atoms with Gasteiger partial charge >= 0.3 is 0 Å². The average Bonchev–Trinajstić information content (AvgIpc) is 2.63. The highest BCUT2D eigenvalue weighted by molar-refractivity contribution is 5.96. The Hall–Kier alpha value is -2.82. The first-order chi connectivity index (χ1) is 12.0. The normalized spacial score (nSPS) is 11.5. The lowest BCUT2D eigenvalue weighted by Gasteiger charge is -2.15. The molecule has 0 spiro atoms. The standard InChI is InChI=1S/C20H24N2O3/c1-4-15-6-12-18(13-7-15)25-14(3)19(23)22-17-10-8-16(9-11-17)20(24)21-5-2/h6-14H,4-5H2,1-3H3,(H,21,24)(H,22,23). The second kappa shape index (κ2) is 8.87. The molecule has 0 aliphatic carbocycles. The van der Waals surface area contributed by atoms with Crippen LogP contribution in [0.1, 0.15) is 36.7 Å². The molecule has 2 amide bonds. The number of hydrogen-bond acceptors (Lipinski definition) is 3. The van der Waals surface area contributed by atoms with Gasteiger partial charge in [-0.1, -0.05) is 19.1 Å². The van der Waals surface area contributed by atoms with Crippen molar-refractivity contribution < 1.29 is 14.3 Å². The van der Waals surface area contributed by atoms with Crippen molar-refractivity contribution >= 4 is 17.5 Å². The summed E-state index contributed by atoms with van der Waals surface area (Å²) < 4.78 is 5.67. The van der Waals surface area contributed by atoms with Gasteiger partial charge in [0.05, 0.1) is 0 Å². The van der Waals surface area contributed by atoms with Crippen LogP contribution < -0.4 is 15.4 Å². The number of aryl methyl sites for hydroxylation is 1. The summed E-state index contributed by atoms with van der Waals surface area (Å²) in [5.74, 6) is 0.282. The van der Waals surface area contributed by atoms with Crippen molar-refractivity contribution in [2.75, 3.05) is 11.9 Å². The Morgan fingerprint density at radius 3 is 2.20 bits per heavy atom. The lowest BCUT2D eigenvalue weighted by atomic mass is 10.2. The van der Waals surface area contributed by atoms with E-state index in [9.17, 15) is 9.59 Å². The third-order valence-corrected chi connectivity index (χ3v) is 3.77. The maximum absolute atomic E-state index is 12.2. The fourth-order valence-electron chi connectivity index (χ4n) is 2.27. The number of amides is 2. The number of anilines is 1. The molecular formula is C20H24N2O3. The zero-order chi connectivity index (χ0) is 18.2. The smallest absolute Gasteiger partial charge is 0.265 e. The summed E-state index contributed by atoms with van der Waals surface area (Å²) >= 11 is 0. The summed E-state index contributed by atoms with van der Waals surface area (Å²) in [5, 5.41) is 5.52. The minimum Gasteiger partial charge on any atom is -0.481 e. The largest absolute Gasteiger partial charge is 0.481 e. The van der Waals surface area contributed by atoms with E-state index in [4.69, 9.17) is 4.74 Å². The number of rotatable bonds is 7. The topological polar surface area (TPSA) is 67.4 Å². The molecular weight excluding hydrogens is 316 g/mol. The van der Waals surface area contributed by atoms with E-state index in [1.54, 1.807) is 31.2 Å². The molecule has 5 heteroatoms. The van der Waals surface area contributed by atoms with Gasteiger partial charge in [0, 0.05) is 17.8 Å². The molecule has 0 aliphatic rings. The summed E-state index contributed by atoms with van der Waals surface area (Å²) in [6.45, 7) is 6.23. The van der Waals surface area contributed by atoms with Crippen LogP contribution in [0, 0.1) is 0 Å². The van der Waals surface area contributed by atoms with Crippen LogP contribution in [0.2, 0.25) is 0 Å². The molecule has 0 aromatic heterocycles. The van der Waals surface area contributed by atoms with E-state index in [0.717, 1.165) is 6.42 Å². The van der Waals surface area contributed by atoms with E-state index in [-0.39, 0.29) is 11.8 Å². The molecule has 0 aliphatic heterocycles. The molecule has 0 radical (unpaired) electrons. The van der Waals surface area contributed by atoms with Crippen LogP contribution in [-0.4, -0.2) is 24.5 Å². The summed E-state index contributed by atoms with van der Waals surface area (Å²) in [6.07, 6.45) is 0.332. The molecule has 0 saturated heterocycles. The predicted octanol–water partition coefficient (Wildman–Crippen LogP) is 3.40. The first-order valence-electron chi connectivity index (χ1n) is 8.48. The molecule has 1 unspecified atom stereocenters. The third kappa shape index (κ3) is 5.35. The molecule has 5 nitrogen and oxygen atoms in total. The zero-order valence-electron chi connectivity index (χ0n) is 14.8. The van der Waals surface area contributed by atoms with Crippen LogP contribution in [0.5, 0.6) is 5.75 Å². The summed E-state index contributed by atoms with van der Waals surface area (Å²) in [4.78, 5) is 24.0. The van der Waals surface area contributed by atoms with E-state index in [1.807, 2.05) is 31.2 Å². The minimum absolute atomic E-state index is 0.132. The van der Waals surface area contributed by atoms with Gasteiger partial charge in [0.25, 0.3) is 11.8 Å². The molecule has 0 saturated carbocycles. The minimum atomic E-state index is -0.629. The fraction of sp³-hybridized carbons (Fsp3) is 0.300. The van der Waals surface area contributed by atoms with Crippen LogP contribution in [0.25, 0.3) is 0 Å². The molecule has 2 aromatic carbocycles. The summed E-state index contributed by atoms with van der Waals surface area (Å²) in [6, 6.07) is 14.5. The highest BCUT2D eigenvalue weighted by Gasteiger charge is 2.15. The highest BCUT2D eigenvalue weighted by Crippen LogP contribution is 2.15. The zero-order valence-corrected chi connectivity index (χ0v) is 14.8. The average molecular weight is 340 g/mol. The molecule has 2 N–H and O–H groups in total. The first kappa shape index (κ1) is 18.5.